The van der Waals surface area contributed by atoms with Crippen LogP contribution in [0.25, 0.3) is 10.2 Å². The molecule has 3 aromatic rings. The van der Waals surface area contributed by atoms with E-state index in [0.29, 0.717) is 28.8 Å². The summed E-state index contributed by atoms with van der Waals surface area (Å²) in [6.07, 6.45) is 2.06. The van der Waals surface area contributed by atoms with Gasteiger partial charge in [-0.15, -0.1) is 0 Å². The number of nitrogens with one attached hydrogen (secondary N) is 1. The minimum Gasteiger partial charge on any atom is -0.494 e. The number of ether oxygens (including phenoxy) is 2. The number of fused-ring (bicyclic) bond motifs is 1. The molecule has 2 aromatic carbocycles. The molecule has 0 bridgehead atoms. The third-order valence-electron chi connectivity index (χ3n) is 4.01. The van der Waals surface area contributed by atoms with Gasteiger partial charge in [-0.05, 0) is 43.2 Å². The molecule has 1 amide bonds. The van der Waals surface area contributed by atoms with Gasteiger partial charge in [0.15, 0.2) is 5.13 Å². The van der Waals surface area contributed by atoms with Crippen molar-refractivity contribution in [3.8, 4) is 11.5 Å². The van der Waals surface area contributed by atoms with E-state index in [-0.39, 0.29) is 5.91 Å². The topological polar surface area (TPSA) is 60.5 Å². The number of thiazole rings is 1. The highest BCUT2D eigenvalue weighted by Gasteiger charge is 2.14. The lowest BCUT2D eigenvalue weighted by atomic mass is 10.2. The summed E-state index contributed by atoms with van der Waals surface area (Å²) in [4.78, 5) is 17.1. The van der Waals surface area contributed by atoms with Gasteiger partial charge in [0, 0.05) is 5.56 Å². The lowest BCUT2D eigenvalue weighted by Gasteiger charge is -2.07. The number of anilines is 1. The summed E-state index contributed by atoms with van der Waals surface area (Å²) < 4.78 is 12.0. The van der Waals surface area contributed by atoms with Crippen LogP contribution in [0.4, 0.5) is 5.13 Å². The number of aryl methyl sites for hydroxylation is 1. The maximum atomic E-state index is 12.6. The fraction of sp³-hybridized carbons (Fsp3) is 0.300. The van der Waals surface area contributed by atoms with E-state index in [1.54, 1.807) is 19.2 Å². The maximum Gasteiger partial charge on any atom is 0.257 e. The van der Waals surface area contributed by atoms with E-state index in [2.05, 4.69) is 17.2 Å². The first-order chi connectivity index (χ1) is 12.6. The molecule has 3 rings (SSSR count). The summed E-state index contributed by atoms with van der Waals surface area (Å²) in [6.45, 7) is 4.78. The molecule has 0 saturated heterocycles. The van der Waals surface area contributed by atoms with Crippen molar-refractivity contribution >= 4 is 32.6 Å². The summed E-state index contributed by atoms with van der Waals surface area (Å²) in [7, 11) is 1.62. The Morgan fingerprint density at radius 2 is 2.12 bits per heavy atom. The molecule has 26 heavy (non-hydrogen) atoms. The number of unbranched alkanes of at least 4 members (excludes halogenated alkanes) is 1. The second kappa shape index (κ2) is 8.19. The number of rotatable bonds is 7. The first-order valence-electron chi connectivity index (χ1n) is 8.60. The van der Waals surface area contributed by atoms with Crippen LogP contribution in [0.1, 0.15) is 35.7 Å². The SMILES string of the molecule is CCCCOc1cccc(C(=O)Nc2nc3c(OC)ccc(C)c3s2)c1. The summed E-state index contributed by atoms with van der Waals surface area (Å²) in [5, 5.41) is 3.43. The van der Waals surface area contributed by atoms with Crippen LogP contribution in [-0.2, 0) is 0 Å². The molecule has 0 aliphatic rings. The van der Waals surface area contributed by atoms with Crippen LogP contribution in [0.3, 0.4) is 0 Å². The molecular weight excluding hydrogens is 348 g/mol. The van der Waals surface area contributed by atoms with Crippen molar-refractivity contribution in [2.75, 3.05) is 19.0 Å². The van der Waals surface area contributed by atoms with Crippen LogP contribution in [-0.4, -0.2) is 24.6 Å². The third kappa shape index (κ3) is 3.96. The minimum atomic E-state index is -0.207. The Bertz CT molecular complexity index is 921. The summed E-state index contributed by atoms with van der Waals surface area (Å²) in [6, 6.07) is 11.1. The standard InChI is InChI=1S/C20H22N2O3S/c1-4-5-11-25-15-8-6-7-14(12-15)19(23)22-20-21-17-16(24-3)10-9-13(2)18(17)26-20/h6-10,12H,4-5,11H2,1-3H3,(H,21,22,23). The van der Waals surface area contributed by atoms with Gasteiger partial charge in [-0.25, -0.2) is 4.98 Å². The normalized spacial score (nSPS) is 10.7. The molecule has 1 N–H and O–H groups in total. The van der Waals surface area contributed by atoms with Gasteiger partial charge in [-0.2, -0.15) is 0 Å². The number of nitrogens with zero attached hydrogens (tertiary/aromatic N) is 1. The third-order valence-corrected chi connectivity index (χ3v) is 5.11. The molecule has 6 heteroatoms. The first kappa shape index (κ1) is 18.2. The van der Waals surface area contributed by atoms with Crippen LogP contribution in [0.5, 0.6) is 11.5 Å². The number of hydrogen-bond donors (Lipinski definition) is 1. The van der Waals surface area contributed by atoms with E-state index in [1.807, 2.05) is 31.2 Å². The van der Waals surface area contributed by atoms with E-state index >= 15 is 0 Å². The average molecular weight is 370 g/mol. The molecule has 0 fully saturated rings. The van der Waals surface area contributed by atoms with Gasteiger partial charge in [-0.1, -0.05) is 36.8 Å². The van der Waals surface area contributed by atoms with E-state index in [4.69, 9.17) is 9.47 Å². The van der Waals surface area contributed by atoms with E-state index < -0.39 is 0 Å². The van der Waals surface area contributed by atoms with Gasteiger partial charge in [0.05, 0.1) is 18.4 Å². The highest BCUT2D eigenvalue weighted by Crippen LogP contribution is 2.34. The van der Waals surface area contributed by atoms with Gasteiger partial charge in [-0.3, -0.25) is 10.1 Å². The Kier molecular flexibility index (Phi) is 5.73. The highest BCUT2D eigenvalue weighted by atomic mass is 32.1. The molecule has 0 saturated carbocycles. The first-order valence-corrected chi connectivity index (χ1v) is 9.42. The van der Waals surface area contributed by atoms with Gasteiger partial charge in [0.2, 0.25) is 0 Å². The van der Waals surface area contributed by atoms with Gasteiger partial charge in [0.25, 0.3) is 5.91 Å². The maximum absolute atomic E-state index is 12.6. The molecule has 1 aromatic heterocycles. The van der Waals surface area contributed by atoms with Crippen molar-refractivity contribution in [1.82, 2.24) is 4.98 Å². The Balaban J connectivity index is 1.79. The number of carbonyl (C=O) groups is 1. The largest absolute Gasteiger partial charge is 0.494 e. The van der Waals surface area contributed by atoms with Crippen LogP contribution in [0.2, 0.25) is 0 Å². The number of benzene rings is 2. The molecule has 1 heterocycles. The molecule has 0 unspecified atom stereocenters. The van der Waals surface area contributed by atoms with E-state index in [1.165, 1.54) is 11.3 Å². The van der Waals surface area contributed by atoms with Gasteiger partial charge in [0.1, 0.15) is 17.0 Å². The van der Waals surface area contributed by atoms with E-state index in [9.17, 15) is 4.79 Å². The van der Waals surface area contributed by atoms with Crippen LogP contribution in [0, 0.1) is 6.92 Å². The molecular formula is C20H22N2O3S. The predicted molar refractivity (Wildman–Crippen MR) is 106 cm³/mol. The molecule has 0 spiro atoms. The van der Waals surface area contributed by atoms with Gasteiger partial charge < -0.3 is 9.47 Å². The predicted octanol–water partition coefficient (Wildman–Crippen LogP) is 5.04. The quantitative estimate of drug-likeness (QED) is 0.592. The Morgan fingerprint density at radius 3 is 2.88 bits per heavy atom. The van der Waals surface area contributed by atoms with Crippen LogP contribution < -0.4 is 14.8 Å². The lowest BCUT2D eigenvalue weighted by Crippen LogP contribution is -2.11. The summed E-state index contributed by atoms with van der Waals surface area (Å²) in [5.74, 6) is 1.20. The molecule has 136 valence electrons. The van der Waals surface area contributed by atoms with E-state index in [0.717, 1.165) is 28.6 Å². The zero-order chi connectivity index (χ0) is 18.5. The smallest absolute Gasteiger partial charge is 0.257 e. The second-order valence-electron chi connectivity index (χ2n) is 5.97. The van der Waals surface area contributed by atoms with Crippen molar-refractivity contribution < 1.29 is 14.3 Å². The van der Waals surface area contributed by atoms with Crippen molar-refractivity contribution in [3.05, 3.63) is 47.5 Å². The molecule has 0 radical (unpaired) electrons. The van der Waals surface area contributed by atoms with Crippen molar-refractivity contribution in [2.45, 2.75) is 26.7 Å². The van der Waals surface area contributed by atoms with Gasteiger partial charge >= 0.3 is 0 Å². The fourth-order valence-electron chi connectivity index (χ4n) is 2.56. The van der Waals surface area contributed by atoms with Crippen LogP contribution in [0.15, 0.2) is 36.4 Å². The van der Waals surface area contributed by atoms with Crippen LogP contribution >= 0.6 is 11.3 Å². The monoisotopic (exact) mass is 370 g/mol. The highest BCUT2D eigenvalue weighted by molar-refractivity contribution is 7.22. The summed E-state index contributed by atoms with van der Waals surface area (Å²) >= 11 is 1.44. The Morgan fingerprint density at radius 1 is 1.27 bits per heavy atom. The molecule has 0 aliphatic carbocycles. The second-order valence-corrected chi connectivity index (χ2v) is 6.96. The van der Waals surface area contributed by atoms with Crippen molar-refractivity contribution in [3.63, 3.8) is 0 Å². The Labute approximate surface area is 157 Å². The molecule has 5 nitrogen and oxygen atoms in total. The zero-order valence-electron chi connectivity index (χ0n) is 15.2. The number of hydrogen-bond acceptors (Lipinski definition) is 5. The average Bonchev–Trinajstić information content (AvgIpc) is 3.07. The zero-order valence-corrected chi connectivity index (χ0v) is 16.0. The minimum absolute atomic E-state index is 0.207. The number of carbonyl (C=O) groups excluding carboxylic acids is 1. The Hall–Kier alpha value is -2.60. The lowest BCUT2D eigenvalue weighted by molar-refractivity contribution is 0.102. The fourth-order valence-corrected chi connectivity index (χ4v) is 3.50. The number of methoxy groups -OCH3 is 1. The molecule has 0 aliphatic heterocycles. The number of aromatic nitrogens is 1. The molecule has 0 atom stereocenters. The summed E-state index contributed by atoms with van der Waals surface area (Å²) in [5.41, 5.74) is 2.41. The van der Waals surface area contributed by atoms with Crippen molar-refractivity contribution in [2.24, 2.45) is 0 Å². The van der Waals surface area contributed by atoms with Crippen molar-refractivity contribution in [1.29, 1.82) is 0 Å². The number of amides is 1.